The maximum Gasteiger partial charge on any atom is 0.423 e. The summed E-state index contributed by atoms with van der Waals surface area (Å²) in [6, 6.07) is 7.79. The van der Waals surface area contributed by atoms with Crippen LogP contribution in [-0.4, -0.2) is 28.6 Å². The predicted octanol–water partition coefficient (Wildman–Crippen LogP) is 3.02. The predicted molar refractivity (Wildman–Crippen MR) is 85.5 cm³/mol. The highest BCUT2D eigenvalue weighted by atomic mass is 28.3. The summed E-state index contributed by atoms with van der Waals surface area (Å²) in [5.74, 6) is 0. The van der Waals surface area contributed by atoms with Gasteiger partial charge in [-0.3, -0.25) is 0 Å². The topological polar surface area (TPSA) is 47.9 Å². The van der Waals surface area contributed by atoms with Gasteiger partial charge >= 0.3 is 9.28 Å². The fourth-order valence-electron chi connectivity index (χ4n) is 2.00. The van der Waals surface area contributed by atoms with Gasteiger partial charge in [0, 0.05) is 18.4 Å². The Balaban J connectivity index is 3.07. The zero-order valence-corrected chi connectivity index (χ0v) is 14.1. The summed E-state index contributed by atoms with van der Waals surface area (Å²) in [6.07, 6.45) is 4.34. The van der Waals surface area contributed by atoms with Crippen molar-refractivity contribution in [3.05, 3.63) is 29.8 Å². The van der Waals surface area contributed by atoms with E-state index >= 15 is 0 Å². The fraction of sp³-hybridized carbons (Fsp3) is 0.562. The highest BCUT2D eigenvalue weighted by Crippen LogP contribution is 2.19. The van der Waals surface area contributed by atoms with E-state index in [0.717, 1.165) is 30.0 Å². The first-order chi connectivity index (χ1) is 10.3. The maximum absolute atomic E-state index is 10.6. The molecule has 0 bridgehead atoms. The molecule has 115 valence electrons. The van der Waals surface area contributed by atoms with Gasteiger partial charge in [0.2, 0.25) is 6.08 Å². The Morgan fingerprint density at radius 1 is 1.14 bits per heavy atom. The SMILES string of the molecule is CCCO[Si](OCCC)c1ccccc1C(CC)N=C=O. The van der Waals surface area contributed by atoms with Gasteiger partial charge in [0.25, 0.3) is 0 Å². The molecule has 1 aromatic rings. The van der Waals surface area contributed by atoms with Gasteiger partial charge in [-0.15, -0.1) is 0 Å². The Hall–Kier alpha value is -1.26. The molecule has 4 nitrogen and oxygen atoms in total. The molecule has 0 aliphatic carbocycles. The van der Waals surface area contributed by atoms with E-state index in [1.807, 2.05) is 31.2 Å². The van der Waals surface area contributed by atoms with Crippen molar-refractivity contribution in [2.75, 3.05) is 13.2 Å². The van der Waals surface area contributed by atoms with Crippen LogP contribution in [0.5, 0.6) is 0 Å². The van der Waals surface area contributed by atoms with Crippen molar-refractivity contribution in [1.82, 2.24) is 0 Å². The lowest BCUT2D eigenvalue weighted by atomic mass is 10.1. The fourth-order valence-corrected chi connectivity index (χ4v) is 3.90. The Morgan fingerprint density at radius 2 is 1.76 bits per heavy atom. The lowest BCUT2D eigenvalue weighted by Gasteiger charge is -2.20. The van der Waals surface area contributed by atoms with Gasteiger partial charge in [0.05, 0.1) is 6.04 Å². The molecule has 0 spiro atoms. The molecule has 1 rings (SSSR count). The molecule has 0 N–H and O–H groups in total. The van der Waals surface area contributed by atoms with Gasteiger partial charge in [-0.25, -0.2) is 4.79 Å². The van der Waals surface area contributed by atoms with E-state index in [0.29, 0.717) is 13.2 Å². The lowest BCUT2D eigenvalue weighted by Crippen LogP contribution is -2.40. The summed E-state index contributed by atoms with van der Waals surface area (Å²) in [5.41, 5.74) is 1.02. The highest BCUT2D eigenvalue weighted by Gasteiger charge is 2.25. The second-order valence-corrected chi connectivity index (χ2v) is 6.41. The summed E-state index contributed by atoms with van der Waals surface area (Å²) >= 11 is 0. The second kappa shape index (κ2) is 10.5. The number of aliphatic imine (C=N–C) groups is 1. The quantitative estimate of drug-likeness (QED) is 0.379. The minimum atomic E-state index is -1.54. The summed E-state index contributed by atoms with van der Waals surface area (Å²) in [7, 11) is -1.54. The molecular weight excluding hydrogens is 282 g/mol. The van der Waals surface area contributed by atoms with E-state index < -0.39 is 9.28 Å². The summed E-state index contributed by atoms with van der Waals surface area (Å²) in [4.78, 5) is 14.5. The number of hydrogen-bond donors (Lipinski definition) is 0. The number of benzene rings is 1. The first kappa shape index (κ1) is 17.8. The van der Waals surface area contributed by atoms with Gasteiger partial charge in [0.15, 0.2) is 0 Å². The van der Waals surface area contributed by atoms with E-state index in [1.165, 1.54) is 0 Å². The van der Waals surface area contributed by atoms with E-state index in [9.17, 15) is 4.79 Å². The summed E-state index contributed by atoms with van der Waals surface area (Å²) < 4.78 is 11.9. The van der Waals surface area contributed by atoms with Crippen LogP contribution in [0.4, 0.5) is 0 Å². The average Bonchev–Trinajstić information content (AvgIpc) is 2.53. The molecule has 0 amide bonds. The van der Waals surface area contributed by atoms with Crippen LogP contribution in [-0.2, 0) is 13.6 Å². The molecule has 0 aromatic heterocycles. The molecule has 21 heavy (non-hydrogen) atoms. The third-order valence-electron chi connectivity index (χ3n) is 3.01. The minimum Gasteiger partial charge on any atom is -0.390 e. The normalized spacial score (nSPS) is 12.2. The Kier molecular flexibility index (Phi) is 8.86. The molecule has 0 saturated heterocycles. The molecule has 1 atom stereocenters. The second-order valence-electron chi connectivity index (χ2n) is 4.72. The van der Waals surface area contributed by atoms with Crippen LogP contribution in [0, 0.1) is 0 Å². The zero-order valence-electron chi connectivity index (χ0n) is 13.1. The Labute approximate surface area is 129 Å². The highest BCUT2D eigenvalue weighted by molar-refractivity contribution is 6.61. The average molecular weight is 306 g/mol. The number of nitrogens with zero attached hydrogens (tertiary/aromatic N) is 1. The van der Waals surface area contributed by atoms with Crippen LogP contribution in [0.15, 0.2) is 29.3 Å². The standard InChI is InChI=1S/C16H24NO3Si/c1-4-11-19-21(20-12-5-2)16-10-8-7-9-14(16)15(6-3)17-13-18/h7-10,15H,4-6,11-12H2,1-3H3. The largest absolute Gasteiger partial charge is 0.423 e. The van der Waals surface area contributed by atoms with Gasteiger partial charge in [-0.1, -0.05) is 45.0 Å². The van der Waals surface area contributed by atoms with E-state index in [2.05, 4.69) is 18.8 Å². The molecular formula is C16H24NO3Si. The van der Waals surface area contributed by atoms with Crippen LogP contribution < -0.4 is 5.19 Å². The molecule has 0 heterocycles. The molecule has 0 fully saturated rings. The van der Waals surface area contributed by atoms with Crippen LogP contribution in [0.25, 0.3) is 0 Å². The Bertz CT molecular complexity index is 453. The van der Waals surface area contributed by atoms with Gasteiger partial charge in [-0.2, -0.15) is 4.99 Å². The van der Waals surface area contributed by atoms with Crippen molar-refractivity contribution in [2.45, 2.75) is 46.1 Å². The molecule has 1 unspecified atom stereocenters. The van der Waals surface area contributed by atoms with Crippen molar-refractivity contribution in [2.24, 2.45) is 4.99 Å². The maximum atomic E-state index is 10.6. The molecule has 0 saturated carbocycles. The van der Waals surface area contributed by atoms with E-state index in [1.54, 1.807) is 6.08 Å². The van der Waals surface area contributed by atoms with Gasteiger partial charge in [0.1, 0.15) is 0 Å². The third kappa shape index (κ3) is 5.56. The first-order valence-electron chi connectivity index (χ1n) is 7.57. The zero-order chi connectivity index (χ0) is 15.5. The summed E-state index contributed by atoms with van der Waals surface area (Å²) in [5, 5.41) is 1.05. The monoisotopic (exact) mass is 306 g/mol. The van der Waals surface area contributed by atoms with Crippen molar-refractivity contribution in [3.8, 4) is 0 Å². The molecule has 1 aromatic carbocycles. The van der Waals surface area contributed by atoms with E-state index in [4.69, 9.17) is 8.85 Å². The third-order valence-corrected chi connectivity index (χ3v) is 4.84. The molecule has 5 heteroatoms. The molecule has 0 aliphatic heterocycles. The number of hydrogen-bond acceptors (Lipinski definition) is 4. The van der Waals surface area contributed by atoms with Gasteiger partial charge < -0.3 is 8.85 Å². The van der Waals surface area contributed by atoms with Crippen molar-refractivity contribution < 1.29 is 13.6 Å². The molecule has 1 radical (unpaired) electrons. The number of rotatable bonds is 10. The summed E-state index contributed by atoms with van der Waals surface area (Å²) in [6.45, 7) is 7.53. The first-order valence-corrected chi connectivity index (χ1v) is 8.88. The van der Waals surface area contributed by atoms with Crippen molar-refractivity contribution in [3.63, 3.8) is 0 Å². The van der Waals surface area contributed by atoms with E-state index in [-0.39, 0.29) is 6.04 Å². The number of carbonyl (C=O) groups excluding carboxylic acids is 1. The van der Waals surface area contributed by atoms with Crippen LogP contribution >= 0.6 is 0 Å². The van der Waals surface area contributed by atoms with Crippen LogP contribution in [0.3, 0.4) is 0 Å². The van der Waals surface area contributed by atoms with Gasteiger partial charge in [-0.05, 0) is 24.8 Å². The van der Waals surface area contributed by atoms with Crippen molar-refractivity contribution in [1.29, 1.82) is 0 Å². The number of isocyanates is 1. The van der Waals surface area contributed by atoms with Crippen LogP contribution in [0.1, 0.15) is 51.6 Å². The lowest BCUT2D eigenvalue weighted by molar-refractivity contribution is 0.207. The van der Waals surface area contributed by atoms with Crippen LogP contribution in [0.2, 0.25) is 0 Å². The Morgan fingerprint density at radius 3 is 2.29 bits per heavy atom. The smallest absolute Gasteiger partial charge is 0.390 e. The minimum absolute atomic E-state index is 0.172. The molecule has 0 aliphatic rings. The van der Waals surface area contributed by atoms with Crippen molar-refractivity contribution >= 4 is 20.6 Å².